The van der Waals surface area contributed by atoms with Crippen LogP contribution in [0.5, 0.6) is 0 Å². The molecule has 12 heteroatoms. The molecule has 2 atom stereocenters. The molecule has 0 amide bonds. The summed E-state index contributed by atoms with van der Waals surface area (Å²) in [5, 5.41) is 0. The lowest BCUT2D eigenvalue weighted by Crippen LogP contribution is -2.37. The highest BCUT2D eigenvalue weighted by Crippen LogP contribution is 2.38. The van der Waals surface area contributed by atoms with Gasteiger partial charge in [-0.25, -0.2) is 0 Å². The third kappa shape index (κ3) is 36.6. The Morgan fingerprint density at radius 1 is 0.615 bits per heavy atom. The molecule has 0 fully saturated rings. The summed E-state index contributed by atoms with van der Waals surface area (Å²) in [4.78, 5) is 48.7. The second-order valence-electron chi connectivity index (χ2n) is 15.1. The van der Waals surface area contributed by atoms with Crippen LogP contribution in [-0.4, -0.2) is 76.0 Å². The number of ether oxygens (including phenoxy) is 3. The highest BCUT2D eigenvalue weighted by molar-refractivity contribution is 7.45. The van der Waals surface area contributed by atoms with Crippen molar-refractivity contribution < 1.29 is 51.6 Å². The molecule has 0 N–H and O–H groups in total. The molecule has 0 rings (SSSR count). The molecule has 0 saturated carbocycles. The maximum Gasteiger partial charge on any atom is 0.310 e. The SMILES string of the molecule is C=COC(=O)CCCCCCCCCCCCC(=O)OCC(COP(=O)([O-])OCC[N+](C)(C)C)OC(=O)CCCCCCCCCCCCCCC. The Morgan fingerprint density at radius 3 is 1.44 bits per heavy atom. The number of unbranched alkanes of at least 4 members (excludes halogenated alkanes) is 21. The highest BCUT2D eigenvalue weighted by atomic mass is 31.2. The van der Waals surface area contributed by atoms with E-state index in [0.717, 1.165) is 77.0 Å². The summed E-state index contributed by atoms with van der Waals surface area (Å²) in [5.41, 5.74) is 0. The number of hydrogen-bond acceptors (Lipinski definition) is 10. The number of esters is 3. The van der Waals surface area contributed by atoms with Gasteiger partial charge in [-0.15, -0.1) is 0 Å². The van der Waals surface area contributed by atoms with Crippen LogP contribution in [0.25, 0.3) is 0 Å². The molecule has 0 aromatic carbocycles. The molecule has 0 saturated heterocycles. The van der Waals surface area contributed by atoms with Crippen molar-refractivity contribution in [3.63, 3.8) is 0 Å². The van der Waals surface area contributed by atoms with Gasteiger partial charge in [0, 0.05) is 19.3 Å². The molecule has 0 heterocycles. The molecule has 0 aromatic heterocycles. The van der Waals surface area contributed by atoms with Crippen LogP contribution in [0, 0.1) is 0 Å². The van der Waals surface area contributed by atoms with Crippen molar-refractivity contribution in [1.29, 1.82) is 0 Å². The summed E-state index contributed by atoms with van der Waals surface area (Å²) in [6, 6.07) is 0. The number of phosphoric acid groups is 1. The normalized spacial score (nSPS) is 13.3. The van der Waals surface area contributed by atoms with Gasteiger partial charge in [0.25, 0.3) is 7.82 Å². The fourth-order valence-corrected chi connectivity index (χ4v) is 6.38. The number of rotatable bonds is 38. The first kappa shape index (κ1) is 50.2. The van der Waals surface area contributed by atoms with E-state index < -0.39 is 32.5 Å². The summed E-state index contributed by atoms with van der Waals surface area (Å²) in [6.45, 7) is 5.28. The Balaban J connectivity index is 4.36. The van der Waals surface area contributed by atoms with E-state index in [0.29, 0.717) is 30.3 Å². The summed E-state index contributed by atoms with van der Waals surface area (Å²) >= 11 is 0. The predicted molar refractivity (Wildman–Crippen MR) is 205 cm³/mol. The van der Waals surface area contributed by atoms with Gasteiger partial charge in [-0.3, -0.25) is 18.9 Å². The van der Waals surface area contributed by atoms with Gasteiger partial charge in [0.05, 0.1) is 34.0 Å². The minimum atomic E-state index is -4.63. The number of quaternary nitrogens is 1. The number of carbonyl (C=O) groups is 3. The van der Waals surface area contributed by atoms with Gasteiger partial charge in [-0.2, -0.15) is 0 Å². The Labute approximate surface area is 317 Å². The van der Waals surface area contributed by atoms with Crippen molar-refractivity contribution in [2.75, 3.05) is 47.5 Å². The number of phosphoric ester groups is 1. The fourth-order valence-electron chi connectivity index (χ4n) is 5.65. The molecule has 52 heavy (non-hydrogen) atoms. The molecule has 0 aliphatic rings. The molecule has 0 aromatic rings. The monoisotopic (exact) mass is 762 g/mol. The number of nitrogens with zero attached hydrogens (tertiary/aromatic N) is 1. The molecular formula is C40H76NO10P. The standard InChI is InChI=1S/C40H76NO10P/c1-6-8-9-10-11-12-13-14-15-20-23-26-29-32-40(44)51-37(36-50-52(45,46)49-34-33-41(3,4)5)35-48-39(43)31-28-25-22-19-17-16-18-21-24-27-30-38(42)47-7-2/h7,37H,2,6,8-36H2,1,3-5H3. The van der Waals surface area contributed by atoms with E-state index in [1.807, 2.05) is 21.1 Å². The second kappa shape index (κ2) is 33.8. The van der Waals surface area contributed by atoms with Crippen LogP contribution in [0.2, 0.25) is 0 Å². The topological polar surface area (TPSA) is 137 Å². The molecular weight excluding hydrogens is 685 g/mol. The maximum absolute atomic E-state index is 12.6. The quantitative estimate of drug-likeness (QED) is 0.0149. The number of likely N-dealkylation sites (N-methyl/N-ethyl adjacent to an activating group) is 1. The Hall–Kier alpha value is -1.78. The first-order valence-corrected chi connectivity index (χ1v) is 21.9. The largest absolute Gasteiger partial charge is 0.756 e. The van der Waals surface area contributed by atoms with Crippen molar-refractivity contribution in [3.05, 3.63) is 12.8 Å². The Bertz CT molecular complexity index is 955. The van der Waals surface area contributed by atoms with Gasteiger partial charge < -0.3 is 32.6 Å². The smallest absolute Gasteiger partial charge is 0.310 e. The second-order valence-corrected chi connectivity index (χ2v) is 16.5. The third-order valence-electron chi connectivity index (χ3n) is 8.87. The maximum atomic E-state index is 12.6. The Morgan fingerprint density at radius 2 is 1.02 bits per heavy atom. The van der Waals surface area contributed by atoms with E-state index in [9.17, 15) is 23.8 Å². The van der Waals surface area contributed by atoms with Crippen molar-refractivity contribution in [2.45, 2.75) is 180 Å². The zero-order valence-corrected chi connectivity index (χ0v) is 34.4. The van der Waals surface area contributed by atoms with Gasteiger partial charge in [0.15, 0.2) is 6.10 Å². The van der Waals surface area contributed by atoms with Gasteiger partial charge in [-0.05, 0) is 19.3 Å². The van der Waals surface area contributed by atoms with Crippen LogP contribution in [0.4, 0.5) is 0 Å². The average Bonchev–Trinajstić information content (AvgIpc) is 3.08. The van der Waals surface area contributed by atoms with E-state index in [2.05, 4.69) is 13.5 Å². The third-order valence-corrected chi connectivity index (χ3v) is 9.83. The average molecular weight is 762 g/mol. The van der Waals surface area contributed by atoms with Gasteiger partial charge in [0.2, 0.25) is 0 Å². The van der Waals surface area contributed by atoms with Crippen molar-refractivity contribution in [2.24, 2.45) is 0 Å². The van der Waals surface area contributed by atoms with Crippen molar-refractivity contribution in [1.82, 2.24) is 0 Å². The lowest BCUT2D eigenvalue weighted by Gasteiger charge is -2.28. The molecule has 0 radical (unpaired) electrons. The number of hydrogen-bond donors (Lipinski definition) is 0. The summed E-state index contributed by atoms with van der Waals surface area (Å²) in [7, 11) is 1.12. The molecule has 11 nitrogen and oxygen atoms in total. The lowest BCUT2D eigenvalue weighted by atomic mass is 10.0. The van der Waals surface area contributed by atoms with Crippen molar-refractivity contribution >= 4 is 25.7 Å². The van der Waals surface area contributed by atoms with E-state index in [1.54, 1.807) is 0 Å². The van der Waals surface area contributed by atoms with E-state index in [1.165, 1.54) is 64.0 Å². The minimum absolute atomic E-state index is 0.0428. The molecule has 0 aliphatic heterocycles. The molecule has 2 unspecified atom stereocenters. The zero-order valence-electron chi connectivity index (χ0n) is 33.6. The first-order chi connectivity index (χ1) is 24.9. The van der Waals surface area contributed by atoms with Crippen LogP contribution >= 0.6 is 7.82 Å². The zero-order chi connectivity index (χ0) is 38.8. The van der Waals surface area contributed by atoms with Gasteiger partial charge >= 0.3 is 17.9 Å². The summed E-state index contributed by atoms with van der Waals surface area (Å²) < 4.78 is 38.5. The van der Waals surface area contributed by atoms with Crippen LogP contribution < -0.4 is 4.89 Å². The predicted octanol–water partition coefficient (Wildman–Crippen LogP) is 9.50. The molecule has 0 bridgehead atoms. The van der Waals surface area contributed by atoms with Gasteiger partial charge in [0.1, 0.15) is 19.8 Å². The van der Waals surface area contributed by atoms with E-state index >= 15 is 0 Å². The van der Waals surface area contributed by atoms with E-state index in [-0.39, 0.29) is 32.0 Å². The minimum Gasteiger partial charge on any atom is -0.756 e. The van der Waals surface area contributed by atoms with Crippen molar-refractivity contribution in [3.8, 4) is 0 Å². The van der Waals surface area contributed by atoms with Crippen LogP contribution in [0.15, 0.2) is 12.8 Å². The van der Waals surface area contributed by atoms with Gasteiger partial charge in [-0.1, -0.05) is 142 Å². The molecule has 0 aliphatic carbocycles. The highest BCUT2D eigenvalue weighted by Gasteiger charge is 2.21. The van der Waals surface area contributed by atoms with E-state index in [4.69, 9.17) is 23.3 Å². The summed E-state index contributed by atoms with van der Waals surface area (Å²) in [5.74, 6) is -1.11. The molecule has 306 valence electrons. The Kier molecular flexibility index (Phi) is 32.6. The summed E-state index contributed by atoms with van der Waals surface area (Å²) in [6.07, 6.45) is 26.7. The fraction of sp³-hybridized carbons (Fsp3) is 0.875. The molecule has 0 spiro atoms. The van der Waals surface area contributed by atoms with Crippen LogP contribution in [0.1, 0.15) is 174 Å². The van der Waals surface area contributed by atoms with Crippen LogP contribution in [-0.2, 0) is 42.2 Å². The number of carbonyl (C=O) groups excluding carboxylic acids is 3. The van der Waals surface area contributed by atoms with Crippen LogP contribution in [0.3, 0.4) is 0 Å². The first-order valence-electron chi connectivity index (χ1n) is 20.4. The lowest BCUT2D eigenvalue weighted by molar-refractivity contribution is -0.870.